The highest BCUT2D eigenvalue weighted by atomic mass is 14.9. The van der Waals surface area contributed by atoms with E-state index in [1.807, 2.05) is 0 Å². The largest absolute Gasteiger partial charge is 0.342 e. The molecule has 3 nitrogen and oxygen atoms in total. The predicted octanol–water partition coefficient (Wildman–Crippen LogP) is 2.71. The third-order valence-corrected chi connectivity index (χ3v) is 2.96. The molecular formula is C13H19N3. The van der Waals surface area contributed by atoms with Crippen LogP contribution in [0, 0.1) is 6.92 Å². The Balaban J connectivity index is 2.37. The van der Waals surface area contributed by atoms with Gasteiger partial charge >= 0.3 is 0 Å². The van der Waals surface area contributed by atoms with Crippen LogP contribution in [0.5, 0.6) is 0 Å². The summed E-state index contributed by atoms with van der Waals surface area (Å²) < 4.78 is 0. The van der Waals surface area contributed by atoms with Crippen molar-refractivity contribution >= 4 is 11.0 Å². The van der Waals surface area contributed by atoms with E-state index in [1.165, 1.54) is 5.56 Å². The first kappa shape index (κ1) is 11.1. The second kappa shape index (κ2) is 4.66. The van der Waals surface area contributed by atoms with Crippen molar-refractivity contribution in [2.45, 2.75) is 32.6 Å². The minimum Gasteiger partial charge on any atom is -0.342 e. The molecule has 0 aliphatic rings. The topological polar surface area (TPSA) is 54.7 Å². The average molecular weight is 217 g/mol. The molecule has 2 aromatic rings. The van der Waals surface area contributed by atoms with Crippen LogP contribution in [0.2, 0.25) is 0 Å². The molecule has 0 aliphatic carbocycles. The van der Waals surface area contributed by atoms with Gasteiger partial charge in [0.1, 0.15) is 5.82 Å². The van der Waals surface area contributed by atoms with E-state index in [1.54, 1.807) is 0 Å². The van der Waals surface area contributed by atoms with Crippen molar-refractivity contribution in [3.05, 3.63) is 29.6 Å². The van der Waals surface area contributed by atoms with Crippen LogP contribution in [0.15, 0.2) is 18.2 Å². The fourth-order valence-electron chi connectivity index (χ4n) is 2.05. The minimum atomic E-state index is 0.359. The number of H-pyrrole nitrogens is 1. The number of aromatic nitrogens is 2. The van der Waals surface area contributed by atoms with E-state index in [2.05, 4.69) is 42.0 Å². The lowest BCUT2D eigenvalue weighted by atomic mass is 10.0. The van der Waals surface area contributed by atoms with Crippen LogP contribution in [0.25, 0.3) is 11.0 Å². The molecule has 86 valence electrons. The third-order valence-electron chi connectivity index (χ3n) is 2.96. The van der Waals surface area contributed by atoms with Crippen LogP contribution in [0.4, 0.5) is 0 Å². The van der Waals surface area contributed by atoms with Crippen molar-refractivity contribution in [2.24, 2.45) is 5.73 Å². The maximum absolute atomic E-state index is 5.78. The molecule has 1 unspecified atom stereocenters. The Morgan fingerprint density at radius 1 is 1.44 bits per heavy atom. The van der Waals surface area contributed by atoms with Crippen LogP contribution in [-0.2, 0) is 0 Å². The van der Waals surface area contributed by atoms with Crippen LogP contribution in [0.1, 0.15) is 37.1 Å². The van der Waals surface area contributed by atoms with Gasteiger partial charge in [-0.2, -0.15) is 0 Å². The van der Waals surface area contributed by atoms with E-state index in [4.69, 9.17) is 5.73 Å². The molecule has 16 heavy (non-hydrogen) atoms. The second-order valence-corrected chi connectivity index (χ2v) is 4.36. The fraction of sp³-hybridized carbons (Fsp3) is 0.462. The molecule has 3 N–H and O–H groups in total. The number of fused-ring (bicyclic) bond motifs is 1. The van der Waals surface area contributed by atoms with Gasteiger partial charge in [-0.3, -0.25) is 0 Å². The predicted molar refractivity (Wildman–Crippen MR) is 67.5 cm³/mol. The van der Waals surface area contributed by atoms with Gasteiger partial charge in [0.25, 0.3) is 0 Å². The lowest BCUT2D eigenvalue weighted by Gasteiger charge is -2.09. The van der Waals surface area contributed by atoms with E-state index in [9.17, 15) is 0 Å². The maximum Gasteiger partial charge on any atom is 0.111 e. The molecule has 1 heterocycles. The second-order valence-electron chi connectivity index (χ2n) is 4.36. The van der Waals surface area contributed by atoms with Gasteiger partial charge in [-0.1, -0.05) is 19.4 Å². The molecule has 0 saturated heterocycles. The number of rotatable bonds is 4. The maximum atomic E-state index is 5.78. The summed E-state index contributed by atoms with van der Waals surface area (Å²) in [6.07, 6.45) is 2.23. The quantitative estimate of drug-likeness (QED) is 0.827. The highest BCUT2D eigenvalue weighted by molar-refractivity contribution is 5.75. The average Bonchev–Trinajstić information content (AvgIpc) is 2.68. The Morgan fingerprint density at radius 2 is 2.25 bits per heavy atom. The summed E-state index contributed by atoms with van der Waals surface area (Å²) in [6, 6.07) is 6.28. The summed E-state index contributed by atoms with van der Waals surface area (Å²) >= 11 is 0. The van der Waals surface area contributed by atoms with Gasteiger partial charge in [-0.15, -0.1) is 0 Å². The molecule has 0 saturated carbocycles. The number of hydrogen-bond acceptors (Lipinski definition) is 2. The minimum absolute atomic E-state index is 0.359. The number of nitrogens with one attached hydrogen (secondary N) is 1. The first-order valence-electron chi connectivity index (χ1n) is 5.91. The standard InChI is InChI=1S/C13H19N3/c1-3-4-10(8-14)13-15-11-6-5-9(2)7-12(11)16-13/h5-7,10H,3-4,8,14H2,1-2H3,(H,15,16). The summed E-state index contributed by atoms with van der Waals surface area (Å²) in [7, 11) is 0. The molecule has 3 heteroatoms. The summed E-state index contributed by atoms with van der Waals surface area (Å²) in [6.45, 7) is 4.93. The van der Waals surface area contributed by atoms with Gasteiger partial charge in [0.05, 0.1) is 11.0 Å². The molecule has 1 aromatic carbocycles. The molecule has 0 amide bonds. The van der Waals surface area contributed by atoms with Crippen molar-refractivity contribution in [3.63, 3.8) is 0 Å². The monoisotopic (exact) mass is 217 g/mol. The molecule has 0 radical (unpaired) electrons. The van der Waals surface area contributed by atoms with Crippen molar-refractivity contribution in [3.8, 4) is 0 Å². The Hall–Kier alpha value is -1.35. The van der Waals surface area contributed by atoms with Gasteiger partial charge in [0.15, 0.2) is 0 Å². The number of benzene rings is 1. The number of nitrogens with zero attached hydrogens (tertiary/aromatic N) is 1. The summed E-state index contributed by atoms with van der Waals surface area (Å²) in [5, 5.41) is 0. The summed E-state index contributed by atoms with van der Waals surface area (Å²) in [4.78, 5) is 7.99. The fourth-order valence-corrected chi connectivity index (χ4v) is 2.05. The zero-order valence-corrected chi connectivity index (χ0v) is 9.96. The molecule has 1 atom stereocenters. The SMILES string of the molecule is CCCC(CN)c1nc2ccc(C)cc2[nH]1. The Labute approximate surface area is 96.1 Å². The molecule has 0 bridgehead atoms. The smallest absolute Gasteiger partial charge is 0.111 e. The molecule has 0 spiro atoms. The Bertz CT molecular complexity index is 473. The van der Waals surface area contributed by atoms with E-state index in [0.717, 1.165) is 29.7 Å². The molecule has 0 fully saturated rings. The molecule has 1 aromatic heterocycles. The third kappa shape index (κ3) is 2.09. The Morgan fingerprint density at radius 3 is 2.94 bits per heavy atom. The zero-order valence-electron chi connectivity index (χ0n) is 9.96. The molecular weight excluding hydrogens is 198 g/mol. The number of aromatic amines is 1. The van der Waals surface area contributed by atoms with Gasteiger partial charge in [-0.25, -0.2) is 4.98 Å². The molecule has 2 rings (SSSR count). The van der Waals surface area contributed by atoms with Gasteiger partial charge in [0.2, 0.25) is 0 Å². The van der Waals surface area contributed by atoms with Crippen molar-refractivity contribution in [1.82, 2.24) is 9.97 Å². The first-order chi connectivity index (χ1) is 7.74. The summed E-state index contributed by atoms with van der Waals surface area (Å²) in [5.41, 5.74) is 9.19. The van der Waals surface area contributed by atoms with Crippen molar-refractivity contribution < 1.29 is 0 Å². The van der Waals surface area contributed by atoms with Crippen LogP contribution in [0.3, 0.4) is 0 Å². The summed E-state index contributed by atoms with van der Waals surface area (Å²) in [5.74, 6) is 1.39. The number of nitrogens with two attached hydrogens (primary N) is 1. The van der Waals surface area contributed by atoms with Crippen LogP contribution < -0.4 is 5.73 Å². The van der Waals surface area contributed by atoms with E-state index in [0.29, 0.717) is 12.5 Å². The highest BCUT2D eigenvalue weighted by Crippen LogP contribution is 2.21. The van der Waals surface area contributed by atoms with Gasteiger partial charge in [-0.05, 0) is 31.0 Å². The van der Waals surface area contributed by atoms with Crippen LogP contribution >= 0.6 is 0 Å². The number of aryl methyl sites for hydroxylation is 1. The molecule has 0 aliphatic heterocycles. The highest BCUT2D eigenvalue weighted by Gasteiger charge is 2.13. The number of hydrogen-bond donors (Lipinski definition) is 2. The van der Waals surface area contributed by atoms with Crippen molar-refractivity contribution in [1.29, 1.82) is 0 Å². The van der Waals surface area contributed by atoms with E-state index in [-0.39, 0.29) is 0 Å². The lowest BCUT2D eigenvalue weighted by Crippen LogP contribution is -2.13. The Kier molecular flexibility index (Phi) is 3.25. The van der Waals surface area contributed by atoms with Crippen LogP contribution in [-0.4, -0.2) is 16.5 Å². The lowest BCUT2D eigenvalue weighted by molar-refractivity contribution is 0.596. The first-order valence-corrected chi connectivity index (χ1v) is 5.91. The zero-order chi connectivity index (χ0) is 11.5. The number of imidazole rings is 1. The van der Waals surface area contributed by atoms with Gasteiger partial charge in [0, 0.05) is 12.5 Å². The van der Waals surface area contributed by atoms with E-state index >= 15 is 0 Å². The van der Waals surface area contributed by atoms with Gasteiger partial charge < -0.3 is 10.7 Å². The normalized spacial score (nSPS) is 13.2. The van der Waals surface area contributed by atoms with Crippen molar-refractivity contribution in [2.75, 3.05) is 6.54 Å². The van der Waals surface area contributed by atoms with E-state index < -0.39 is 0 Å².